The Balaban J connectivity index is 0.000000542. The number of nitrogens with zero attached hydrogens (tertiary/aromatic N) is 8. The molecule has 384 valence electrons. The van der Waals surface area contributed by atoms with Crippen LogP contribution in [0.1, 0.15) is 169 Å². The predicted octanol–water partition coefficient (Wildman–Crippen LogP) is 7.31. The fourth-order valence-electron chi connectivity index (χ4n) is 9.77. The van der Waals surface area contributed by atoms with Gasteiger partial charge in [0.2, 0.25) is 0 Å². The van der Waals surface area contributed by atoms with Gasteiger partial charge in [-0.05, 0) is 71.2 Å². The van der Waals surface area contributed by atoms with E-state index < -0.39 is 0 Å². The van der Waals surface area contributed by atoms with Crippen molar-refractivity contribution in [3.8, 4) is 34.2 Å². The van der Waals surface area contributed by atoms with E-state index in [1.807, 2.05) is 46.1 Å². The monoisotopic (exact) mass is 1170 g/mol. The van der Waals surface area contributed by atoms with E-state index in [1.54, 1.807) is 24.8 Å². The molecule has 12 heteroatoms. The van der Waals surface area contributed by atoms with Gasteiger partial charge in [-0.2, -0.15) is 0 Å². The van der Waals surface area contributed by atoms with Crippen LogP contribution in [0.4, 0.5) is 0 Å². The molecule has 10 rings (SSSR count). The molecule has 4 aliphatic carbocycles. The van der Waals surface area contributed by atoms with E-state index in [1.165, 1.54) is 176 Å². The number of hydrogen-bond donors (Lipinski definition) is 0. The molecular weight excluding hydrogens is 1080 g/mol. The van der Waals surface area contributed by atoms with Gasteiger partial charge in [-0.3, -0.25) is 0 Å². The van der Waals surface area contributed by atoms with Crippen LogP contribution in [0.5, 0.6) is 0 Å². The summed E-state index contributed by atoms with van der Waals surface area (Å²) < 4.78 is 8.46. The van der Waals surface area contributed by atoms with Crippen molar-refractivity contribution in [2.75, 3.05) is 0 Å². The summed E-state index contributed by atoms with van der Waals surface area (Å²) in [6, 6.07) is 20.9. The summed E-state index contributed by atoms with van der Waals surface area (Å²) in [4.78, 5) is 17.1. The van der Waals surface area contributed by atoms with Gasteiger partial charge >= 0.3 is 11.9 Å². The third-order valence-corrected chi connectivity index (χ3v) is 13.7. The summed E-state index contributed by atoms with van der Waals surface area (Å²) in [6.45, 7) is 2.24. The van der Waals surface area contributed by atoms with Crippen molar-refractivity contribution in [1.82, 2.24) is 19.9 Å². The van der Waals surface area contributed by atoms with Crippen molar-refractivity contribution in [2.24, 2.45) is 11.8 Å². The van der Waals surface area contributed by atoms with Crippen LogP contribution in [-0.4, -0.2) is 19.9 Å². The molecule has 6 aromatic heterocycles. The SMILES string of the molecule is C.C.C1CCCC1.C1CCCC1.[Cl-].[Fe].[Fe].[I-].c1cnc(-[n+]2ccc(-c3cc[n+](CCCCC4CCCC4)cc3)cc2)nc1.c1cnc(-[n+]2ccc(-c3cc[n+](CCCCC4CCCC4)cc3)cc2)nc1. The Bertz CT molecular complexity index is 1960. The second-order valence-electron chi connectivity index (χ2n) is 18.6. The fourth-order valence-corrected chi connectivity index (χ4v) is 9.77. The maximum atomic E-state index is 4.27. The Morgan fingerprint density at radius 1 is 0.371 bits per heavy atom. The molecule has 0 bridgehead atoms. The van der Waals surface area contributed by atoms with Crippen LogP contribution in [0.3, 0.4) is 0 Å². The molecule has 6 aromatic rings. The molecule has 0 aromatic carbocycles. The van der Waals surface area contributed by atoms with Crippen LogP contribution in [0, 0.1) is 11.8 Å². The van der Waals surface area contributed by atoms with Crippen molar-refractivity contribution in [3.05, 3.63) is 135 Å². The fraction of sp³-hybridized carbons (Fsp3) is 0.517. The Morgan fingerprint density at radius 2 is 0.629 bits per heavy atom. The summed E-state index contributed by atoms with van der Waals surface area (Å²) >= 11 is 0. The molecule has 0 spiro atoms. The first-order chi connectivity index (χ1) is 31.8. The van der Waals surface area contributed by atoms with E-state index in [9.17, 15) is 0 Å². The van der Waals surface area contributed by atoms with Crippen molar-refractivity contribution >= 4 is 0 Å². The topological polar surface area (TPSA) is 67.1 Å². The van der Waals surface area contributed by atoms with Gasteiger partial charge in [-0.25, -0.2) is 18.3 Å². The van der Waals surface area contributed by atoms with Gasteiger partial charge in [0.25, 0.3) is 0 Å². The van der Waals surface area contributed by atoms with Gasteiger partial charge in [0.15, 0.2) is 24.8 Å². The quantitative estimate of drug-likeness (QED) is 0.0497. The smallest absolute Gasteiger partial charge is 0.437 e. The molecule has 70 heavy (non-hydrogen) atoms. The number of aryl methyl sites for hydroxylation is 2. The maximum absolute atomic E-state index is 4.27. The summed E-state index contributed by atoms with van der Waals surface area (Å²) in [5, 5.41) is 0. The van der Waals surface area contributed by atoms with E-state index >= 15 is 0 Å². The van der Waals surface area contributed by atoms with Crippen LogP contribution in [0.2, 0.25) is 0 Å². The summed E-state index contributed by atoms with van der Waals surface area (Å²) in [5.41, 5.74) is 4.88. The molecule has 4 saturated carbocycles. The largest absolute Gasteiger partial charge is 1.00 e. The predicted molar refractivity (Wildman–Crippen MR) is 270 cm³/mol. The summed E-state index contributed by atoms with van der Waals surface area (Å²) in [6.07, 6.45) is 58.7. The second kappa shape index (κ2) is 38.4. The first kappa shape index (κ1) is 64.8. The van der Waals surface area contributed by atoms with E-state index in [-0.39, 0.29) is 85.4 Å². The van der Waals surface area contributed by atoms with Gasteiger partial charge in [0, 0.05) is 83.4 Å². The van der Waals surface area contributed by atoms with E-state index in [4.69, 9.17) is 0 Å². The third-order valence-electron chi connectivity index (χ3n) is 13.7. The Labute approximate surface area is 468 Å². The minimum absolute atomic E-state index is 0. The molecule has 0 N–H and O–H groups in total. The number of unbranched alkanes of at least 4 members (excludes halogenated alkanes) is 2. The van der Waals surface area contributed by atoms with E-state index in [2.05, 4.69) is 102 Å². The molecule has 4 fully saturated rings. The van der Waals surface area contributed by atoms with Crippen molar-refractivity contribution in [2.45, 2.75) is 182 Å². The Morgan fingerprint density at radius 3 is 0.900 bits per heavy atom. The van der Waals surface area contributed by atoms with Gasteiger partial charge in [0.1, 0.15) is 37.9 Å². The van der Waals surface area contributed by atoms with Crippen LogP contribution in [0.25, 0.3) is 34.2 Å². The number of aromatic nitrogens is 8. The molecule has 0 radical (unpaired) electrons. The third kappa shape index (κ3) is 23.1. The summed E-state index contributed by atoms with van der Waals surface area (Å²) in [7, 11) is 0. The molecular formula is C58H84ClFe2IN8+2. The number of pyridine rings is 4. The number of hydrogen-bond acceptors (Lipinski definition) is 4. The number of halogens is 2. The van der Waals surface area contributed by atoms with E-state index in [0.29, 0.717) is 11.9 Å². The molecule has 8 nitrogen and oxygen atoms in total. The summed E-state index contributed by atoms with van der Waals surface area (Å²) in [5.74, 6) is 3.40. The maximum Gasteiger partial charge on any atom is 0.437 e. The van der Waals surface area contributed by atoms with Crippen LogP contribution >= 0.6 is 0 Å². The van der Waals surface area contributed by atoms with Gasteiger partial charge in [0.05, 0.1) is 24.8 Å². The van der Waals surface area contributed by atoms with Crippen LogP contribution in [0.15, 0.2) is 135 Å². The zero-order valence-corrected chi connectivity index (χ0v) is 45.4. The van der Waals surface area contributed by atoms with E-state index in [0.717, 1.165) is 24.9 Å². The first-order valence-electron chi connectivity index (χ1n) is 25.3. The Kier molecular flexibility index (Phi) is 35.6. The molecule has 0 unspecified atom stereocenters. The average molecular weight is 1170 g/mol. The van der Waals surface area contributed by atoms with Crippen molar-refractivity contribution in [3.63, 3.8) is 0 Å². The molecule has 6 heterocycles. The standard InChI is InChI=1S/2C23H28N4.2C5H10.2CH4.ClH.2Fe.HI/c2*1-2-7-20(6-1)8-3-4-15-26-16-9-21(10-17-26)22-11-18-27(19-12-22)23-24-13-5-14-25-23;2*1-2-4-5-3-1;;;;;;/h2*5,9-14,16-20H,1-4,6-8,15H2;2*1-5H2;2*1H4;1H;;;1H/q2*+2;;;;;;;;/p-2. The van der Waals surface area contributed by atoms with Crippen molar-refractivity contribution < 1.29 is 88.8 Å². The average Bonchev–Trinajstić information content (AvgIpc) is 4.25. The molecule has 0 amide bonds. The molecule has 0 aliphatic heterocycles. The minimum atomic E-state index is 0. The van der Waals surface area contributed by atoms with Gasteiger partial charge in [-0.15, -0.1) is 0 Å². The van der Waals surface area contributed by atoms with Crippen LogP contribution < -0.4 is 54.7 Å². The van der Waals surface area contributed by atoms with Gasteiger partial charge < -0.3 is 36.4 Å². The zero-order chi connectivity index (χ0) is 43.7. The molecule has 0 atom stereocenters. The van der Waals surface area contributed by atoms with Gasteiger partial charge in [-0.1, -0.05) is 163 Å². The molecule has 4 aliphatic rings. The zero-order valence-electron chi connectivity index (χ0n) is 40.3. The minimum Gasteiger partial charge on any atom is -1.00 e. The van der Waals surface area contributed by atoms with Crippen LogP contribution in [-0.2, 0) is 47.2 Å². The number of rotatable bonds is 14. The molecule has 0 saturated heterocycles. The van der Waals surface area contributed by atoms with Crippen molar-refractivity contribution in [1.29, 1.82) is 0 Å². The second-order valence-corrected chi connectivity index (χ2v) is 18.6. The first-order valence-corrected chi connectivity index (χ1v) is 25.3. The Hall–Kier alpha value is -3.18. The normalized spacial score (nSPS) is 14.6.